The van der Waals surface area contributed by atoms with Gasteiger partial charge in [0, 0.05) is 32.1 Å². The summed E-state index contributed by atoms with van der Waals surface area (Å²) in [5.41, 5.74) is 3.11. The molecule has 0 saturated carbocycles. The monoisotopic (exact) mass is 342 g/mol. The van der Waals surface area contributed by atoms with Crippen molar-refractivity contribution in [3.8, 4) is 0 Å². The van der Waals surface area contributed by atoms with Crippen LogP contribution in [0.5, 0.6) is 0 Å². The second-order valence-corrected chi connectivity index (χ2v) is 7.26. The van der Waals surface area contributed by atoms with E-state index in [1.54, 1.807) is 23.3 Å². The molecule has 2 aliphatic rings. The van der Waals surface area contributed by atoms with Crippen LogP contribution in [0.2, 0.25) is 0 Å². The van der Waals surface area contributed by atoms with Crippen molar-refractivity contribution in [2.24, 2.45) is 4.99 Å². The Hall–Kier alpha value is -2.34. The largest absolute Gasteiger partial charge is 0.357 e. The van der Waals surface area contributed by atoms with E-state index in [-0.39, 0.29) is 0 Å². The Kier molecular flexibility index (Phi) is 4.85. The Morgan fingerprint density at radius 2 is 2.21 bits per heavy atom. The number of rotatable bonds is 4. The van der Waals surface area contributed by atoms with Crippen molar-refractivity contribution in [2.75, 3.05) is 32.5 Å². The summed E-state index contributed by atoms with van der Waals surface area (Å²) in [6, 6.07) is 2.17. The normalized spacial score (nSPS) is 15.7. The summed E-state index contributed by atoms with van der Waals surface area (Å²) in [5.74, 6) is 0.936. The zero-order valence-corrected chi connectivity index (χ0v) is 15.1. The van der Waals surface area contributed by atoms with E-state index < -0.39 is 0 Å². The summed E-state index contributed by atoms with van der Waals surface area (Å²) in [7, 11) is 3.81. The fourth-order valence-electron chi connectivity index (χ4n) is 2.66. The first kappa shape index (κ1) is 16.5. The molecule has 1 aromatic heterocycles. The highest BCUT2D eigenvalue weighted by molar-refractivity contribution is 7.16. The van der Waals surface area contributed by atoms with Crippen LogP contribution in [0.4, 0.5) is 5.00 Å². The highest BCUT2D eigenvalue weighted by Crippen LogP contribution is 2.35. The van der Waals surface area contributed by atoms with Gasteiger partial charge in [-0.1, -0.05) is 18.2 Å². The molecular formula is C18H22N4OS. The summed E-state index contributed by atoms with van der Waals surface area (Å²) in [6.07, 6.45) is 10.1. The van der Waals surface area contributed by atoms with Gasteiger partial charge in [-0.05, 0) is 25.5 Å². The third kappa shape index (κ3) is 3.43. The number of aliphatic imine (C=N–C) groups is 1. The second-order valence-electron chi connectivity index (χ2n) is 6.00. The first-order valence-corrected chi connectivity index (χ1v) is 8.80. The Labute approximate surface area is 146 Å². The number of carbonyl (C=O) groups is 1. The molecule has 0 bridgehead atoms. The lowest BCUT2D eigenvalue weighted by Gasteiger charge is -2.22. The predicted molar refractivity (Wildman–Crippen MR) is 100 cm³/mol. The van der Waals surface area contributed by atoms with E-state index in [1.807, 2.05) is 19.2 Å². The van der Waals surface area contributed by atoms with Crippen LogP contribution < -0.4 is 5.32 Å². The van der Waals surface area contributed by atoms with Gasteiger partial charge in [-0.2, -0.15) is 0 Å². The zero-order chi connectivity index (χ0) is 17.1. The number of nitrogens with zero attached hydrogens (tertiary/aromatic N) is 3. The average molecular weight is 342 g/mol. The molecular weight excluding hydrogens is 320 g/mol. The highest BCUT2D eigenvalue weighted by Gasteiger charge is 2.23. The fraction of sp³-hybridized carbons (Fsp3) is 0.333. The fourth-order valence-corrected chi connectivity index (χ4v) is 3.58. The Bertz CT molecular complexity index is 757. The van der Waals surface area contributed by atoms with Crippen LogP contribution in [0.1, 0.15) is 16.9 Å². The van der Waals surface area contributed by atoms with Crippen LogP contribution >= 0.6 is 11.3 Å². The summed E-state index contributed by atoms with van der Waals surface area (Å²) in [4.78, 5) is 20.8. The van der Waals surface area contributed by atoms with Crippen molar-refractivity contribution in [2.45, 2.75) is 13.3 Å². The lowest BCUT2D eigenvalue weighted by Crippen LogP contribution is -2.34. The maximum atomic E-state index is 10.8. The molecule has 126 valence electrons. The molecule has 24 heavy (non-hydrogen) atoms. The van der Waals surface area contributed by atoms with Gasteiger partial charge in [0.15, 0.2) is 0 Å². The Morgan fingerprint density at radius 3 is 3.00 bits per heavy atom. The van der Waals surface area contributed by atoms with Crippen molar-refractivity contribution in [1.82, 2.24) is 9.80 Å². The van der Waals surface area contributed by atoms with Gasteiger partial charge in [0.1, 0.15) is 10.8 Å². The zero-order valence-electron chi connectivity index (χ0n) is 14.2. The number of anilines is 1. The second kappa shape index (κ2) is 7.05. The van der Waals surface area contributed by atoms with Crippen molar-refractivity contribution >= 4 is 28.6 Å². The van der Waals surface area contributed by atoms with Crippen LogP contribution in [-0.4, -0.2) is 49.2 Å². The van der Waals surface area contributed by atoms with Gasteiger partial charge in [-0.3, -0.25) is 4.79 Å². The number of likely N-dealkylation sites (N-methyl/N-ethyl adjacent to an activating group) is 2. The molecule has 0 saturated heterocycles. The van der Waals surface area contributed by atoms with E-state index in [1.165, 1.54) is 4.88 Å². The van der Waals surface area contributed by atoms with Crippen molar-refractivity contribution in [1.29, 1.82) is 0 Å². The van der Waals surface area contributed by atoms with E-state index >= 15 is 0 Å². The van der Waals surface area contributed by atoms with Crippen LogP contribution in [0, 0.1) is 6.92 Å². The quantitative estimate of drug-likeness (QED) is 0.856. The third-order valence-electron chi connectivity index (χ3n) is 4.02. The van der Waals surface area contributed by atoms with Crippen LogP contribution in [-0.2, 0) is 4.79 Å². The molecule has 0 radical (unpaired) electrons. The van der Waals surface area contributed by atoms with E-state index in [0.29, 0.717) is 6.54 Å². The smallest absolute Gasteiger partial charge is 0.209 e. The van der Waals surface area contributed by atoms with Gasteiger partial charge in [0.2, 0.25) is 6.41 Å². The molecule has 3 rings (SSSR count). The molecule has 0 aromatic carbocycles. The summed E-state index contributed by atoms with van der Waals surface area (Å²) >= 11 is 1.74. The minimum atomic E-state index is 0.659. The number of allylic oxidation sites excluding steroid dienone is 4. The molecule has 1 amide bonds. The predicted octanol–water partition coefficient (Wildman–Crippen LogP) is 2.98. The number of amides is 1. The number of carbonyl (C=O) groups excluding carboxylic acids is 1. The van der Waals surface area contributed by atoms with Crippen molar-refractivity contribution in [3.63, 3.8) is 0 Å². The van der Waals surface area contributed by atoms with E-state index in [4.69, 9.17) is 4.99 Å². The summed E-state index contributed by atoms with van der Waals surface area (Å²) in [6.45, 7) is 3.50. The van der Waals surface area contributed by atoms with Crippen LogP contribution in [0.15, 0.2) is 46.8 Å². The first-order valence-electron chi connectivity index (χ1n) is 7.99. The molecule has 2 heterocycles. The maximum absolute atomic E-state index is 10.8. The van der Waals surface area contributed by atoms with Gasteiger partial charge >= 0.3 is 0 Å². The standard InChI is InChI=1S/C18H22N4OS/c1-13-11-14-17(22(3)10-9-21(2)12-23)19-15-7-5-4-6-8-16(15)20-18(14)24-13/h4-5,7-8,11-12,20H,6,9-10H2,1-3H3. The molecule has 0 atom stereocenters. The number of thiophene rings is 1. The topological polar surface area (TPSA) is 47.9 Å². The lowest BCUT2D eigenvalue weighted by atomic mass is 10.2. The molecule has 1 aliphatic carbocycles. The van der Waals surface area contributed by atoms with Crippen molar-refractivity contribution < 1.29 is 4.79 Å². The van der Waals surface area contributed by atoms with Gasteiger partial charge in [0.05, 0.1) is 17.0 Å². The number of fused-ring (bicyclic) bond motifs is 2. The summed E-state index contributed by atoms with van der Waals surface area (Å²) in [5, 5.41) is 4.67. The number of hydrogen-bond donors (Lipinski definition) is 1. The van der Waals surface area contributed by atoms with E-state index in [0.717, 1.165) is 47.2 Å². The maximum Gasteiger partial charge on any atom is 0.209 e. The number of amidine groups is 1. The third-order valence-corrected chi connectivity index (χ3v) is 4.99. The summed E-state index contributed by atoms with van der Waals surface area (Å²) < 4.78 is 0. The minimum absolute atomic E-state index is 0.659. The van der Waals surface area contributed by atoms with Gasteiger partial charge in [-0.15, -0.1) is 11.3 Å². The molecule has 0 spiro atoms. The number of aryl methyl sites for hydroxylation is 1. The van der Waals surface area contributed by atoms with Crippen LogP contribution in [0.3, 0.4) is 0 Å². The van der Waals surface area contributed by atoms with Crippen molar-refractivity contribution in [3.05, 3.63) is 52.2 Å². The van der Waals surface area contributed by atoms with E-state index in [9.17, 15) is 4.79 Å². The molecule has 6 heteroatoms. The van der Waals surface area contributed by atoms with E-state index in [2.05, 4.69) is 35.4 Å². The lowest BCUT2D eigenvalue weighted by molar-refractivity contribution is -0.117. The molecule has 1 aliphatic heterocycles. The number of hydrogen-bond acceptors (Lipinski definition) is 5. The van der Waals surface area contributed by atoms with Gasteiger partial charge in [-0.25, -0.2) is 4.99 Å². The molecule has 0 fully saturated rings. The molecule has 5 nitrogen and oxygen atoms in total. The molecule has 1 N–H and O–H groups in total. The average Bonchev–Trinajstić information content (AvgIpc) is 2.73. The molecule has 0 unspecified atom stereocenters. The van der Waals surface area contributed by atoms with Crippen LogP contribution in [0.25, 0.3) is 0 Å². The Morgan fingerprint density at radius 1 is 1.38 bits per heavy atom. The van der Waals surface area contributed by atoms with Gasteiger partial charge < -0.3 is 15.1 Å². The Balaban J connectivity index is 1.98. The van der Waals surface area contributed by atoms with Gasteiger partial charge in [0.25, 0.3) is 0 Å². The minimum Gasteiger partial charge on any atom is -0.357 e. The SMILES string of the molecule is Cc1cc2c(s1)NC1=CCC=CC=C1N=C2N(C)CCN(C)C=O. The molecule has 1 aromatic rings. The highest BCUT2D eigenvalue weighted by atomic mass is 32.1. The first-order chi connectivity index (χ1) is 11.6. The number of nitrogens with one attached hydrogen (secondary N) is 1.